The van der Waals surface area contributed by atoms with Crippen LogP contribution in [0.15, 0.2) is 12.7 Å². The number of nitrogens with zero attached hydrogens (tertiary/aromatic N) is 4. The zero-order valence-corrected chi connectivity index (χ0v) is 19.2. The molecule has 2 aromatic rings. The molecule has 11 heteroatoms. The number of carbonyl (C=O) groups is 2. The lowest BCUT2D eigenvalue weighted by atomic mass is 9.95. The van der Waals surface area contributed by atoms with Crippen LogP contribution < -0.4 is 5.32 Å². The highest BCUT2D eigenvalue weighted by Crippen LogP contribution is 2.40. The van der Waals surface area contributed by atoms with Crippen LogP contribution in [0.25, 0.3) is 11.2 Å². The number of hydrogen-bond donors (Lipinski definition) is 2. The molecule has 0 amide bonds. The maximum Gasteiger partial charge on any atom is 0.303 e. The first-order valence-electron chi connectivity index (χ1n) is 11.4. The van der Waals surface area contributed by atoms with Crippen molar-refractivity contribution in [3.05, 3.63) is 12.7 Å². The molecule has 4 rings (SSSR count). The molecule has 2 aromatic heterocycles. The van der Waals surface area contributed by atoms with Gasteiger partial charge in [0.15, 0.2) is 23.1 Å². The Labute approximate surface area is 197 Å². The van der Waals surface area contributed by atoms with E-state index in [4.69, 9.17) is 20.6 Å². The number of nitrogens with one attached hydrogen (secondary N) is 1. The number of carboxylic acid groups (broad SMARTS) is 1. The van der Waals surface area contributed by atoms with E-state index < -0.39 is 36.3 Å². The third-order valence-corrected chi connectivity index (χ3v) is 6.47. The molecule has 0 aromatic carbocycles. The second-order valence-electron chi connectivity index (χ2n) is 8.70. The molecule has 2 fully saturated rings. The van der Waals surface area contributed by atoms with Crippen molar-refractivity contribution in [3.8, 4) is 12.3 Å². The Morgan fingerprint density at radius 3 is 2.82 bits per heavy atom. The number of anilines is 1. The summed E-state index contributed by atoms with van der Waals surface area (Å²) in [5.74, 6) is 0.718. The predicted molar refractivity (Wildman–Crippen MR) is 121 cm³/mol. The number of ether oxygens (including phenoxy) is 3. The van der Waals surface area contributed by atoms with Crippen molar-refractivity contribution in [1.82, 2.24) is 19.5 Å². The summed E-state index contributed by atoms with van der Waals surface area (Å²) in [5, 5.41) is 13.0. The monoisotopic (exact) mass is 471 g/mol. The molecule has 6 atom stereocenters. The molecule has 182 valence electrons. The van der Waals surface area contributed by atoms with E-state index in [1.54, 1.807) is 11.7 Å². The number of terminal acetylenes is 1. The van der Waals surface area contributed by atoms with E-state index in [0.29, 0.717) is 17.0 Å². The molecule has 34 heavy (non-hydrogen) atoms. The van der Waals surface area contributed by atoms with Crippen LogP contribution in [0.5, 0.6) is 0 Å². The molecule has 1 aliphatic heterocycles. The molecule has 0 radical (unpaired) electrons. The van der Waals surface area contributed by atoms with Gasteiger partial charge < -0.3 is 24.6 Å². The minimum atomic E-state index is -1.06. The highest BCUT2D eigenvalue weighted by atomic mass is 16.6. The van der Waals surface area contributed by atoms with Gasteiger partial charge in [0.1, 0.15) is 18.7 Å². The third-order valence-electron chi connectivity index (χ3n) is 6.47. The molecular weight excluding hydrogens is 442 g/mol. The van der Waals surface area contributed by atoms with E-state index in [9.17, 15) is 14.7 Å². The zero-order chi connectivity index (χ0) is 24.2. The summed E-state index contributed by atoms with van der Waals surface area (Å²) in [5.41, 5.74) is 1.02. The largest absolute Gasteiger partial charge is 0.481 e. The molecule has 2 aliphatic rings. The first-order valence-corrected chi connectivity index (χ1v) is 11.4. The fraction of sp³-hybridized carbons (Fsp3) is 0.609. The number of aromatic nitrogens is 4. The first-order chi connectivity index (χ1) is 16.4. The van der Waals surface area contributed by atoms with Crippen molar-refractivity contribution >= 4 is 28.9 Å². The number of esters is 1. The molecule has 2 N–H and O–H groups in total. The maximum absolute atomic E-state index is 11.6. The number of methoxy groups -OCH3 is 1. The summed E-state index contributed by atoms with van der Waals surface area (Å²) >= 11 is 0. The van der Waals surface area contributed by atoms with Crippen molar-refractivity contribution in [2.24, 2.45) is 5.92 Å². The summed E-state index contributed by atoms with van der Waals surface area (Å²) in [6.45, 7) is 1.25. The van der Waals surface area contributed by atoms with Crippen LogP contribution in [0.4, 0.5) is 5.82 Å². The average Bonchev–Trinajstić information content (AvgIpc) is 3.28. The highest BCUT2D eigenvalue weighted by Gasteiger charge is 2.48. The van der Waals surface area contributed by atoms with Gasteiger partial charge in [-0.2, -0.15) is 0 Å². The van der Waals surface area contributed by atoms with Crippen LogP contribution in [0.1, 0.15) is 51.7 Å². The fourth-order valence-electron chi connectivity index (χ4n) is 4.87. The molecule has 1 saturated carbocycles. The highest BCUT2D eigenvalue weighted by molar-refractivity contribution is 5.83. The Kier molecular flexibility index (Phi) is 7.29. The summed E-state index contributed by atoms with van der Waals surface area (Å²) < 4.78 is 18.5. The van der Waals surface area contributed by atoms with Gasteiger partial charge in [-0.15, -0.1) is 6.42 Å². The summed E-state index contributed by atoms with van der Waals surface area (Å²) in [4.78, 5) is 36.5. The molecule has 0 bridgehead atoms. The van der Waals surface area contributed by atoms with Crippen LogP contribution >= 0.6 is 0 Å². The lowest BCUT2D eigenvalue weighted by molar-refractivity contribution is -0.151. The van der Waals surface area contributed by atoms with E-state index in [1.165, 1.54) is 19.6 Å². The zero-order valence-electron chi connectivity index (χ0n) is 19.2. The van der Waals surface area contributed by atoms with Crippen LogP contribution in [0.3, 0.4) is 0 Å². The summed E-state index contributed by atoms with van der Waals surface area (Å²) in [6, 6.07) is 0.227. The molecule has 0 unspecified atom stereocenters. The minimum Gasteiger partial charge on any atom is -0.481 e. The van der Waals surface area contributed by atoms with Crippen molar-refractivity contribution in [2.45, 2.75) is 76.0 Å². The second-order valence-corrected chi connectivity index (χ2v) is 8.70. The average molecular weight is 472 g/mol. The van der Waals surface area contributed by atoms with Gasteiger partial charge in [-0.25, -0.2) is 15.0 Å². The third kappa shape index (κ3) is 4.98. The van der Waals surface area contributed by atoms with Crippen molar-refractivity contribution in [3.63, 3.8) is 0 Å². The lowest BCUT2D eigenvalue weighted by Crippen LogP contribution is -2.32. The van der Waals surface area contributed by atoms with Gasteiger partial charge in [-0.1, -0.05) is 5.92 Å². The fourth-order valence-corrected chi connectivity index (χ4v) is 4.87. The number of imidazole rings is 1. The minimum absolute atomic E-state index is 0.227. The van der Waals surface area contributed by atoms with Crippen LogP contribution in [0.2, 0.25) is 0 Å². The predicted octanol–water partition coefficient (Wildman–Crippen LogP) is 2.14. The van der Waals surface area contributed by atoms with E-state index in [0.717, 1.165) is 32.1 Å². The Bertz CT molecular complexity index is 1080. The Morgan fingerprint density at radius 2 is 2.12 bits per heavy atom. The van der Waals surface area contributed by atoms with Crippen LogP contribution in [-0.2, 0) is 23.8 Å². The topological polar surface area (TPSA) is 138 Å². The molecule has 1 aliphatic carbocycles. The van der Waals surface area contributed by atoms with Gasteiger partial charge in [0.2, 0.25) is 0 Å². The van der Waals surface area contributed by atoms with E-state index >= 15 is 0 Å². The molecule has 1 saturated heterocycles. The standard InChI is InChI=1S/C23H29N5O6/c1-4-17-20(33-13(2)29)16(10-18(30)31)23(34-17)28-12-26-19-21(24-11-25-22(19)28)27-14-6-5-7-15(32-3)9-8-14/h1,11-12,14-17,20,23H,5-10H2,2-3H3,(H,30,31)(H,24,25,27)/t14-,15+,16-,17-,20-,23-/m1/s1. The summed E-state index contributed by atoms with van der Waals surface area (Å²) in [6.07, 6.45) is 10.9. The van der Waals surface area contributed by atoms with E-state index in [1.807, 2.05) is 0 Å². The number of fused-ring (bicyclic) bond motifs is 1. The van der Waals surface area contributed by atoms with Gasteiger partial charge in [0.05, 0.1) is 24.8 Å². The number of carboxylic acids is 1. The lowest BCUT2D eigenvalue weighted by Gasteiger charge is -2.22. The second kappa shape index (κ2) is 10.4. The Balaban J connectivity index is 1.62. The Hall–Kier alpha value is -3.23. The van der Waals surface area contributed by atoms with E-state index in [-0.39, 0.29) is 18.6 Å². The van der Waals surface area contributed by atoms with Gasteiger partial charge in [0.25, 0.3) is 0 Å². The van der Waals surface area contributed by atoms with Gasteiger partial charge in [-0.05, 0) is 32.1 Å². The smallest absolute Gasteiger partial charge is 0.303 e. The van der Waals surface area contributed by atoms with Crippen molar-refractivity contribution in [2.75, 3.05) is 12.4 Å². The molecule has 11 nitrogen and oxygen atoms in total. The molecule has 3 heterocycles. The first kappa shape index (κ1) is 23.9. The molecular formula is C23H29N5O6. The van der Waals surface area contributed by atoms with Crippen LogP contribution in [0, 0.1) is 18.3 Å². The maximum atomic E-state index is 11.6. The van der Waals surface area contributed by atoms with Gasteiger partial charge in [0, 0.05) is 20.1 Å². The van der Waals surface area contributed by atoms with Crippen LogP contribution in [-0.4, -0.2) is 68.0 Å². The number of aliphatic carboxylic acids is 1. The van der Waals surface area contributed by atoms with Crippen molar-refractivity contribution in [1.29, 1.82) is 0 Å². The van der Waals surface area contributed by atoms with Gasteiger partial charge >= 0.3 is 11.9 Å². The summed E-state index contributed by atoms with van der Waals surface area (Å²) in [7, 11) is 1.75. The quantitative estimate of drug-likeness (QED) is 0.351. The molecule has 0 spiro atoms. The van der Waals surface area contributed by atoms with Gasteiger partial charge in [-0.3, -0.25) is 14.2 Å². The Morgan fingerprint density at radius 1 is 1.29 bits per heavy atom. The number of hydrogen-bond acceptors (Lipinski definition) is 9. The van der Waals surface area contributed by atoms with Crippen molar-refractivity contribution < 1.29 is 28.9 Å². The normalized spacial score (nSPS) is 29.3. The van der Waals surface area contributed by atoms with E-state index in [2.05, 4.69) is 26.2 Å². The number of rotatable bonds is 7. The number of carbonyl (C=O) groups excluding carboxylic acids is 1. The SMILES string of the molecule is C#C[C@H]1O[C@@H](n2cnc3c(N[C@@H]4CCC[C@H](OC)CC4)ncnc32)[C@H](CC(=O)O)[C@H]1OC(C)=O.